The van der Waals surface area contributed by atoms with Crippen molar-refractivity contribution in [3.8, 4) is 0 Å². The highest BCUT2D eigenvalue weighted by molar-refractivity contribution is 7.90. The summed E-state index contributed by atoms with van der Waals surface area (Å²) in [4.78, 5) is 0.585. The molecular formula is C11H11ClO2S. The van der Waals surface area contributed by atoms with Gasteiger partial charge in [-0.25, -0.2) is 4.21 Å². The van der Waals surface area contributed by atoms with Gasteiger partial charge in [0, 0.05) is 0 Å². The Morgan fingerprint density at radius 1 is 1.27 bits per heavy atom. The molecule has 0 fully saturated rings. The van der Waals surface area contributed by atoms with Gasteiger partial charge in [-0.15, -0.1) is 0 Å². The molecule has 1 unspecified atom stereocenters. The second-order valence-corrected chi connectivity index (χ2v) is 5.26. The molecule has 15 heavy (non-hydrogen) atoms. The molecule has 0 bridgehead atoms. The van der Waals surface area contributed by atoms with E-state index in [9.17, 15) is 4.21 Å². The minimum atomic E-state index is -1.46. The fraction of sp³-hybridized carbons (Fsp3) is 0.273. The number of halogens is 1. The SMILES string of the molecule is CC1(C)OS(=O)C(c2ccccc2)=C1Cl. The maximum absolute atomic E-state index is 11.7. The maximum atomic E-state index is 11.7. The summed E-state index contributed by atoms with van der Waals surface area (Å²) in [6, 6.07) is 9.42. The summed E-state index contributed by atoms with van der Waals surface area (Å²) < 4.78 is 17.0. The van der Waals surface area contributed by atoms with Gasteiger partial charge in [-0.1, -0.05) is 41.9 Å². The maximum Gasteiger partial charge on any atom is 0.191 e. The van der Waals surface area contributed by atoms with Gasteiger partial charge >= 0.3 is 0 Å². The van der Waals surface area contributed by atoms with Crippen molar-refractivity contribution in [1.82, 2.24) is 0 Å². The summed E-state index contributed by atoms with van der Waals surface area (Å²) in [5, 5.41) is 0.520. The Hall–Kier alpha value is -0.640. The molecule has 1 atom stereocenters. The van der Waals surface area contributed by atoms with E-state index in [2.05, 4.69) is 0 Å². The molecule has 1 aliphatic heterocycles. The van der Waals surface area contributed by atoms with Crippen LogP contribution in [0.25, 0.3) is 4.91 Å². The lowest BCUT2D eigenvalue weighted by molar-refractivity contribution is 0.192. The Morgan fingerprint density at radius 3 is 2.33 bits per heavy atom. The number of benzene rings is 1. The van der Waals surface area contributed by atoms with Crippen LogP contribution in [0.2, 0.25) is 0 Å². The van der Waals surface area contributed by atoms with E-state index in [-0.39, 0.29) is 0 Å². The molecule has 0 saturated heterocycles. The lowest BCUT2D eigenvalue weighted by Gasteiger charge is -2.14. The molecular weight excluding hydrogens is 232 g/mol. The molecule has 80 valence electrons. The van der Waals surface area contributed by atoms with Gasteiger partial charge in [0.05, 0.1) is 9.94 Å². The minimum Gasteiger partial charge on any atom is -0.275 e. The summed E-state index contributed by atoms with van der Waals surface area (Å²) in [6.45, 7) is 3.62. The molecule has 0 radical (unpaired) electrons. The first-order chi connectivity index (χ1) is 7.02. The molecule has 1 aromatic rings. The van der Waals surface area contributed by atoms with Gasteiger partial charge in [0.25, 0.3) is 0 Å². The largest absolute Gasteiger partial charge is 0.275 e. The van der Waals surface area contributed by atoms with Crippen molar-refractivity contribution in [2.24, 2.45) is 0 Å². The van der Waals surface area contributed by atoms with Gasteiger partial charge in [0.2, 0.25) is 0 Å². The number of hydrogen-bond acceptors (Lipinski definition) is 2. The fourth-order valence-electron chi connectivity index (χ4n) is 1.43. The van der Waals surface area contributed by atoms with E-state index in [1.54, 1.807) is 0 Å². The van der Waals surface area contributed by atoms with E-state index in [1.165, 1.54) is 0 Å². The van der Waals surface area contributed by atoms with Crippen LogP contribution in [0.5, 0.6) is 0 Å². The highest BCUT2D eigenvalue weighted by atomic mass is 35.5. The Bertz CT molecular complexity index is 437. The Kier molecular flexibility index (Phi) is 2.71. The van der Waals surface area contributed by atoms with E-state index < -0.39 is 16.7 Å². The third kappa shape index (κ3) is 1.87. The molecule has 2 nitrogen and oxygen atoms in total. The van der Waals surface area contributed by atoms with Gasteiger partial charge in [0.15, 0.2) is 11.1 Å². The van der Waals surface area contributed by atoms with Crippen molar-refractivity contribution in [3.05, 3.63) is 40.9 Å². The monoisotopic (exact) mass is 242 g/mol. The van der Waals surface area contributed by atoms with E-state index in [4.69, 9.17) is 15.8 Å². The van der Waals surface area contributed by atoms with Gasteiger partial charge in [-0.05, 0) is 19.4 Å². The molecule has 2 rings (SSSR count). The van der Waals surface area contributed by atoms with Gasteiger partial charge < -0.3 is 0 Å². The first kappa shape index (κ1) is 10.9. The third-order valence-electron chi connectivity index (χ3n) is 2.21. The van der Waals surface area contributed by atoms with Crippen LogP contribution in [0.15, 0.2) is 35.4 Å². The van der Waals surface area contributed by atoms with Crippen molar-refractivity contribution in [2.45, 2.75) is 19.4 Å². The van der Waals surface area contributed by atoms with Crippen LogP contribution in [-0.2, 0) is 15.3 Å². The molecule has 4 heteroatoms. The van der Waals surface area contributed by atoms with E-state index in [1.807, 2.05) is 44.2 Å². The summed E-state index contributed by atoms with van der Waals surface area (Å²) >= 11 is 4.70. The highest BCUT2D eigenvalue weighted by Crippen LogP contribution is 2.42. The van der Waals surface area contributed by atoms with Crippen LogP contribution in [0.1, 0.15) is 19.4 Å². The summed E-state index contributed by atoms with van der Waals surface area (Å²) in [6.07, 6.45) is 0. The summed E-state index contributed by atoms with van der Waals surface area (Å²) in [5.74, 6) is 0. The Morgan fingerprint density at radius 2 is 1.87 bits per heavy atom. The molecule has 0 saturated carbocycles. The normalized spacial score (nSPS) is 24.6. The average molecular weight is 243 g/mol. The molecule has 1 aromatic carbocycles. The fourth-order valence-corrected chi connectivity index (χ4v) is 3.07. The van der Waals surface area contributed by atoms with Crippen LogP contribution in [0.4, 0.5) is 0 Å². The van der Waals surface area contributed by atoms with Crippen LogP contribution < -0.4 is 0 Å². The van der Waals surface area contributed by atoms with Crippen LogP contribution in [0, 0.1) is 0 Å². The second kappa shape index (κ2) is 3.74. The van der Waals surface area contributed by atoms with Crippen molar-refractivity contribution >= 4 is 27.6 Å². The zero-order valence-electron chi connectivity index (χ0n) is 8.49. The quantitative estimate of drug-likeness (QED) is 0.757. The lowest BCUT2D eigenvalue weighted by Crippen LogP contribution is -2.19. The molecule has 1 heterocycles. The summed E-state index contributed by atoms with van der Waals surface area (Å²) in [5.41, 5.74) is 0.198. The smallest absolute Gasteiger partial charge is 0.191 e. The minimum absolute atomic E-state index is 0.520. The first-order valence-electron chi connectivity index (χ1n) is 4.59. The second-order valence-electron chi connectivity index (χ2n) is 3.84. The molecule has 0 N–H and O–H groups in total. The van der Waals surface area contributed by atoms with Crippen molar-refractivity contribution in [3.63, 3.8) is 0 Å². The standard InChI is InChI=1S/C11H11ClO2S/c1-11(2)10(12)9(15(13)14-11)8-6-4-3-5-7-8/h3-7H,1-2H3. The first-order valence-corrected chi connectivity index (χ1v) is 6.04. The number of hydrogen-bond donors (Lipinski definition) is 0. The molecule has 0 aromatic heterocycles. The molecule has 1 aliphatic rings. The van der Waals surface area contributed by atoms with E-state index >= 15 is 0 Å². The zero-order chi connectivity index (χ0) is 11.1. The van der Waals surface area contributed by atoms with Crippen LogP contribution in [0.3, 0.4) is 0 Å². The van der Waals surface area contributed by atoms with E-state index in [0.717, 1.165) is 5.56 Å². The summed E-state index contributed by atoms with van der Waals surface area (Å²) in [7, 11) is 0. The van der Waals surface area contributed by atoms with Crippen LogP contribution >= 0.6 is 11.6 Å². The molecule has 0 spiro atoms. The predicted octanol–water partition coefficient (Wildman–Crippen LogP) is 3.07. The molecule has 0 amide bonds. The molecule has 0 aliphatic carbocycles. The van der Waals surface area contributed by atoms with Crippen molar-refractivity contribution in [1.29, 1.82) is 0 Å². The zero-order valence-corrected chi connectivity index (χ0v) is 10.1. The topological polar surface area (TPSA) is 26.3 Å². The Labute approximate surface area is 96.6 Å². The Balaban J connectivity index is 2.54. The van der Waals surface area contributed by atoms with Crippen LogP contribution in [-0.4, -0.2) is 9.81 Å². The highest BCUT2D eigenvalue weighted by Gasteiger charge is 2.38. The average Bonchev–Trinajstić information content (AvgIpc) is 2.38. The lowest BCUT2D eigenvalue weighted by atomic mass is 10.1. The van der Waals surface area contributed by atoms with Crippen molar-refractivity contribution in [2.75, 3.05) is 0 Å². The van der Waals surface area contributed by atoms with Gasteiger partial charge in [-0.3, -0.25) is 4.18 Å². The van der Waals surface area contributed by atoms with E-state index in [0.29, 0.717) is 9.94 Å². The van der Waals surface area contributed by atoms with Gasteiger partial charge in [0.1, 0.15) is 5.60 Å². The third-order valence-corrected chi connectivity index (χ3v) is 4.31. The number of rotatable bonds is 1. The predicted molar refractivity (Wildman–Crippen MR) is 62.5 cm³/mol. The van der Waals surface area contributed by atoms with Crippen molar-refractivity contribution < 1.29 is 8.39 Å². The van der Waals surface area contributed by atoms with Gasteiger partial charge in [-0.2, -0.15) is 0 Å².